The molecule has 1 aromatic heterocycles. The number of carbonyl (C=O) groups excluding carboxylic acids is 1. The van der Waals surface area contributed by atoms with Crippen molar-refractivity contribution < 1.29 is 18.7 Å². The first-order valence-corrected chi connectivity index (χ1v) is 12.1. The fourth-order valence-electron chi connectivity index (χ4n) is 4.10. The molecule has 194 valence electrons. The van der Waals surface area contributed by atoms with E-state index in [0.717, 1.165) is 16.8 Å². The van der Waals surface area contributed by atoms with Gasteiger partial charge in [0.1, 0.15) is 23.8 Å². The lowest BCUT2D eigenvalue weighted by Crippen LogP contribution is -2.45. The van der Waals surface area contributed by atoms with Crippen molar-refractivity contribution >= 4 is 5.91 Å². The molecule has 0 aliphatic heterocycles. The van der Waals surface area contributed by atoms with Crippen LogP contribution in [0.4, 0.5) is 4.39 Å². The molecule has 0 bridgehead atoms. The van der Waals surface area contributed by atoms with E-state index in [1.807, 2.05) is 86.1 Å². The van der Waals surface area contributed by atoms with Gasteiger partial charge in [0, 0.05) is 38.4 Å². The minimum Gasteiger partial charge on any atom is -0.496 e. The Morgan fingerprint density at radius 1 is 1.11 bits per heavy atom. The maximum absolute atomic E-state index is 14.0. The van der Waals surface area contributed by atoms with Crippen molar-refractivity contribution in [3.8, 4) is 17.0 Å². The normalized spacial score (nSPS) is 14.2. The molecular formula is C28H37FN4O3. The largest absolute Gasteiger partial charge is 0.496 e. The maximum Gasteiger partial charge on any atom is 0.249 e. The van der Waals surface area contributed by atoms with E-state index in [-0.39, 0.29) is 13.0 Å². The molecule has 0 saturated heterocycles. The first-order valence-electron chi connectivity index (χ1n) is 12.1. The van der Waals surface area contributed by atoms with Gasteiger partial charge in [0.25, 0.3) is 0 Å². The lowest BCUT2D eigenvalue weighted by Gasteiger charge is -2.32. The van der Waals surface area contributed by atoms with Crippen LogP contribution in [0.3, 0.4) is 0 Å². The number of rotatable bonds is 11. The van der Waals surface area contributed by atoms with Crippen LogP contribution in [0.2, 0.25) is 0 Å². The molecule has 7 nitrogen and oxygen atoms in total. The van der Waals surface area contributed by atoms with E-state index in [0.29, 0.717) is 18.1 Å². The summed E-state index contributed by atoms with van der Waals surface area (Å²) in [5.41, 5.74) is 7.70. The number of halogens is 1. The van der Waals surface area contributed by atoms with Crippen LogP contribution in [0.25, 0.3) is 11.3 Å². The molecule has 0 aliphatic carbocycles. The van der Waals surface area contributed by atoms with Crippen molar-refractivity contribution in [3.05, 3.63) is 72.2 Å². The average molecular weight is 497 g/mol. The standard InChI is InChI=1S/C28H37FN4O3/c1-28(2,3)25(32-27(34)24(36-5)15-20(29)16-30)26-31-22(21-13-9-10-14-23(21)35-4)18-33(26)17-19-11-7-6-8-12-19/h6-14,18,20,24-25H,15-17,30H2,1-5H3,(H,32,34)/t20-,24?,25+/m1/s1. The highest BCUT2D eigenvalue weighted by Gasteiger charge is 2.35. The number of nitrogens with zero attached hydrogens (tertiary/aromatic N) is 2. The van der Waals surface area contributed by atoms with E-state index in [9.17, 15) is 9.18 Å². The molecule has 2 aromatic carbocycles. The molecule has 1 unspecified atom stereocenters. The van der Waals surface area contributed by atoms with E-state index >= 15 is 0 Å². The van der Waals surface area contributed by atoms with Gasteiger partial charge in [-0.25, -0.2) is 9.37 Å². The predicted octanol–water partition coefficient (Wildman–Crippen LogP) is 4.51. The molecule has 0 aliphatic rings. The van der Waals surface area contributed by atoms with Gasteiger partial charge in [-0.1, -0.05) is 63.2 Å². The van der Waals surface area contributed by atoms with Gasteiger partial charge in [0.05, 0.1) is 18.8 Å². The van der Waals surface area contributed by atoms with E-state index in [4.69, 9.17) is 20.2 Å². The number of hydrogen-bond donors (Lipinski definition) is 2. The summed E-state index contributed by atoms with van der Waals surface area (Å²) in [6.45, 7) is 6.49. The summed E-state index contributed by atoms with van der Waals surface area (Å²) in [5.74, 6) is 0.993. The number of benzene rings is 2. The van der Waals surface area contributed by atoms with Crippen LogP contribution in [-0.4, -0.2) is 48.5 Å². The number of nitrogens with one attached hydrogen (secondary N) is 1. The van der Waals surface area contributed by atoms with Crippen molar-refractivity contribution in [2.45, 2.75) is 52.1 Å². The van der Waals surface area contributed by atoms with Crippen molar-refractivity contribution in [1.82, 2.24) is 14.9 Å². The van der Waals surface area contributed by atoms with Crippen LogP contribution < -0.4 is 15.8 Å². The smallest absolute Gasteiger partial charge is 0.249 e. The number of hydrogen-bond acceptors (Lipinski definition) is 5. The summed E-state index contributed by atoms with van der Waals surface area (Å²) in [7, 11) is 3.03. The molecule has 3 N–H and O–H groups in total. The van der Waals surface area contributed by atoms with Crippen LogP contribution >= 0.6 is 0 Å². The molecule has 1 heterocycles. The number of para-hydroxylation sites is 1. The molecule has 0 fully saturated rings. The maximum atomic E-state index is 14.0. The Balaban J connectivity index is 2.06. The summed E-state index contributed by atoms with van der Waals surface area (Å²) < 4.78 is 26.9. The lowest BCUT2D eigenvalue weighted by molar-refractivity contribution is -0.134. The second-order valence-electron chi connectivity index (χ2n) is 9.90. The molecule has 3 atom stereocenters. The van der Waals surface area contributed by atoms with Gasteiger partial charge in [0.2, 0.25) is 5.91 Å². The van der Waals surface area contributed by atoms with Gasteiger partial charge < -0.3 is 25.1 Å². The highest BCUT2D eigenvalue weighted by molar-refractivity contribution is 5.81. The number of amides is 1. The number of alkyl halides is 1. The number of methoxy groups -OCH3 is 2. The van der Waals surface area contributed by atoms with Crippen LogP contribution in [0.1, 0.15) is 44.6 Å². The summed E-state index contributed by atoms with van der Waals surface area (Å²) in [6, 6.07) is 17.3. The van der Waals surface area contributed by atoms with Gasteiger partial charge in [-0.2, -0.15) is 0 Å². The number of ether oxygens (including phenoxy) is 2. The molecule has 0 saturated carbocycles. The second kappa shape index (κ2) is 12.1. The van der Waals surface area contributed by atoms with Gasteiger partial charge in [-0.3, -0.25) is 4.79 Å². The molecular weight excluding hydrogens is 459 g/mol. The number of carbonyl (C=O) groups is 1. The van der Waals surface area contributed by atoms with E-state index in [2.05, 4.69) is 5.32 Å². The molecule has 3 rings (SSSR count). The summed E-state index contributed by atoms with van der Waals surface area (Å²) in [6.07, 6.45) is -0.420. The van der Waals surface area contributed by atoms with Crippen LogP contribution in [0, 0.1) is 5.41 Å². The third-order valence-electron chi connectivity index (χ3n) is 6.10. The highest BCUT2D eigenvalue weighted by atomic mass is 19.1. The van der Waals surface area contributed by atoms with Crippen molar-refractivity contribution in [3.63, 3.8) is 0 Å². The first kappa shape index (κ1) is 27.4. The molecule has 1 amide bonds. The van der Waals surface area contributed by atoms with Gasteiger partial charge in [-0.15, -0.1) is 0 Å². The molecule has 8 heteroatoms. The third-order valence-corrected chi connectivity index (χ3v) is 6.10. The zero-order valence-corrected chi connectivity index (χ0v) is 21.7. The lowest BCUT2D eigenvalue weighted by atomic mass is 9.85. The van der Waals surface area contributed by atoms with E-state index in [1.165, 1.54) is 7.11 Å². The molecule has 3 aromatic rings. The Morgan fingerprint density at radius 3 is 2.39 bits per heavy atom. The number of aromatic nitrogens is 2. The predicted molar refractivity (Wildman–Crippen MR) is 139 cm³/mol. The van der Waals surface area contributed by atoms with Crippen LogP contribution in [0.15, 0.2) is 60.8 Å². The summed E-state index contributed by atoms with van der Waals surface area (Å²) in [5, 5.41) is 3.09. The van der Waals surface area contributed by atoms with Crippen molar-refractivity contribution in [2.24, 2.45) is 11.1 Å². The number of nitrogens with two attached hydrogens (primary N) is 1. The fourth-order valence-corrected chi connectivity index (χ4v) is 4.10. The minimum atomic E-state index is -1.33. The molecule has 0 spiro atoms. The minimum absolute atomic E-state index is 0.110. The first-order chi connectivity index (χ1) is 17.2. The van der Waals surface area contributed by atoms with Gasteiger partial charge >= 0.3 is 0 Å². The zero-order valence-electron chi connectivity index (χ0n) is 21.7. The Bertz CT molecular complexity index is 1130. The summed E-state index contributed by atoms with van der Waals surface area (Å²) >= 11 is 0. The van der Waals surface area contributed by atoms with Crippen LogP contribution in [-0.2, 0) is 16.1 Å². The van der Waals surface area contributed by atoms with Gasteiger partial charge in [0.15, 0.2) is 0 Å². The van der Waals surface area contributed by atoms with Crippen LogP contribution in [0.5, 0.6) is 5.75 Å². The number of imidazole rings is 1. The fraction of sp³-hybridized carbons (Fsp3) is 0.429. The Morgan fingerprint density at radius 2 is 1.78 bits per heavy atom. The zero-order chi connectivity index (χ0) is 26.3. The highest BCUT2D eigenvalue weighted by Crippen LogP contribution is 2.36. The SMILES string of the molecule is COc1ccccc1-c1cn(Cc2ccccc2)c([C@H](NC(=O)C(C[C@@H](F)CN)OC)C(C)(C)C)n1. The Kier molecular flexibility index (Phi) is 9.23. The Hall–Kier alpha value is -3.23. The van der Waals surface area contributed by atoms with Crippen molar-refractivity contribution in [2.75, 3.05) is 20.8 Å². The third kappa shape index (κ3) is 6.71. The van der Waals surface area contributed by atoms with E-state index < -0.39 is 29.6 Å². The van der Waals surface area contributed by atoms with E-state index in [1.54, 1.807) is 7.11 Å². The second-order valence-corrected chi connectivity index (χ2v) is 9.90. The molecule has 36 heavy (non-hydrogen) atoms. The van der Waals surface area contributed by atoms with Gasteiger partial charge in [-0.05, 0) is 23.1 Å². The molecule has 0 radical (unpaired) electrons. The van der Waals surface area contributed by atoms with Crippen molar-refractivity contribution in [1.29, 1.82) is 0 Å². The Labute approximate surface area is 212 Å². The quantitative estimate of drug-likeness (QED) is 0.408. The average Bonchev–Trinajstić information content (AvgIpc) is 3.28. The topological polar surface area (TPSA) is 91.4 Å². The monoisotopic (exact) mass is 496 g/mol. The summed E-state index contributed by atoms with van der Waals surface area (Å²) in [4.78, 5) is 18.2.